The minimum Gasteiger partial charge on any atom is -0.448 e. The van der Waals surface area contributed by atoms with E-state index in [1.807, 2.05) is 0 Å². The van der Waals surface area contributed by atoms with Gasteiger partial charge in [0.15, 0.2) is 0 Å². The molecule has 0 saturated heterocycles. The van der Waals surface area contributed by atoms with Gasteiger partial charge in [0.25, 0.3) is 0 Å². The molecule has 0 radical (unpaired) electrons. The SMILES string of the molecule is NCCOC(=O)NCCO. The lowest BCUT2D eigenvalue weighted by Crippen LogP contribution is -2.28. The number of hydrogen-bond acceptors (Lipinski definition) is 4. The van der Waals surface area contributed by atoms with Crippen LogP contribution >= 0.6 is 0 Å². The maximum atomic E-state index is 10.5. The fourth-order valence-electron chi connectivity index (χ4n) is 0.361. The lowest BCUT2D eigenvalue weighted by Gasteiger charge is -2.02. The van der Waals surface area contributed by atoms with Gasteiger partial charge in [0.1, 0.15) is 6.61 Å². The van der Waals surface area contributed by atoms with E-state index in [1.165, 1.54) is 0 Å². The Morgan fingerprint density at radius 1 is 1.70 bits per heavy atom. The standard InChI is InChI=1S/C5H12N2O3/c6-1-4-10-5(9)7-2-3-8/h8H,1-4,6H2,(H,7,9). The minimum absolute atomic E-state index is 0.0856. The van der Waals surface area contributed by atoms with Crippen LogP contribution in [0.4, 0.5) is 4.79 Å². The first-order valence-electron chi connectivity index (χ1n) is 3.02. The van der Waals surface area contributed by atoms with Crippen molar-refractivity contribution in [3.8, 4) is 0 Å². The molecule has 0 heterocycles. The zero-order chi connectivity index (χ0) is 7.82. The molecule has 0 atom stereocenters. The first-order valence-corrected chi connectivity index (χ1v) is 3.02. The van der Waals surface area contributed by atoms with E-state index in [0.717, 1.165) is 0 Å². The van der Waals surface area contributed by atoms with E-state index < -0.39 is 6.09 Å². The molecule has 0 aliphatic carbocycles. The van der Waals surface area contributed by atoms with Crippen LogP contribution in [0.2, 0.25) is 0 Å². The van der Waals surface area contributed by atoms with Gasteiger partial charge < -0.3 is 20.9 Å². The Balaban J connectivity index is 3.09. The molecule has 60 valence electrons. The zero-order valence-electron chi connectivity index (χ0n) is 5.67. The van der Waals surface area contributed by atoms with E-state index in [2.05, 4.69) is 10.1 Å². The van der Waals surface area contributed by atoms with Crippen molar-refractivity contribution in [2.75, 3.05) is 26.3 Å². The molecule has 4 N–H and O–H groups in total. The summed E-state index contributed by atoms with van der Waals surface area (Å²) in [7, 11) is 0. The van der Waals surface area contributed by atoms with Gasteiger partial charge >= 0.3 is 6.09 Å². The van der Waals surface area contributed by atoms with E-state index in [-0.39, 0.29) is 19.8 Å². The smallest absolute Gasteiger partial charge is 0.407 e. The van der Waals surface area contributed by atoms with E-state index in [9.17, 15) is 4.79 Å². The molecule has 0 bridgehead atoms. The second-order valence-electron chi connectivity index (χ2n) is 1.57. The first kappa shape index (κ1) is 9.19. The molecule has 5 nitrogen and oxygen atoms in total. The third-order valence-electron chi connectivity index (χ3n) is 0.732. The van der Waals surface area contributed by atoms with Gasteiger partial charge in [0.05, 0.1) is 6.61 Å². The van der Waals surface area contributed by atoms with Crippen LogP contribution < -0.4 is 11.1 Å². The van der Waals surface area contributed by atoms with Crippen molar-refractivity contribution in [1.29, 1.82) is 0 Å². The molecule has 10 heavy (non-hydrogen) atoms. The molecule has 0 saturated carbocycles. The Bertz CT molecular complexity index is 86.9. The molecular formula is C5H12N2O3. The van der Waals surface area contributed by atoms with Crippen LogP contribution in [0, 0.1) is 0 Å². The number of rotatable bonds is 4. The predicted molar refractivity (Wildman–Crippen MR) is 35.5 cm³/mol. The van der Waals surface area contributed by atoms with E-state index >= 15 is 0 Å². The van der Waals surface area contributed by atoms with Gasteiger partial charge in [0.2, 0.25) is 0 Å². The summed E-state index contributed by atoms with van der Waals surface area (Å²) in [6, 6.07) is 0. The van der Waals surface area contributed by atoms with Gasteiger partial charge in [-0.1, -0.05) is 0 Å². The largest absolute Gasteiger partial charge is 0.448 e. The number of alkyl carbamates (subject to hydrolysis) is 1. The highest BCUT2D eigenvalue weighted by molar-refractivity contribution is 5.66. The minimum atomic E-state index is -0.542. The molecule has 0 aliphatic rings. The van der Waals surface area contributed by atoms with Gasteiger partial charge in [-0.15, -0.1) is 0 Å². The van der Waals surface area contributed by atoms with Crippen molar-refractivity contribution in [1.82, 2.24) is 5.32 Å². The summed E-state index contributed by atoms with van der Waals surface area (Å²) in [4.78, 5) is 10.5. The molecule has 5 heteroatoms. The summed E-state index contributed by atoms with van der Waals surface area (Å²) in [6.07, 6.45) is -0.542. The maximum Gasteiger partial charge on any atom is 0.407 e. The van der Waals surface area contributed by atoms with Crippen LogP contribution in [0.25, 0.3) is 0 Å². The van der Waals surface area contributed by atoms with Crippen molar-refractivity contribution in [2.24, 2.45) is 5.73 Å². The molecular weight excluding hydrogens is 136 g/mol. The third kappa shape index (κ3) is 5.33. The number of carbonyl (C=O) groups is 1. The number of carbonyl (C=O) groups excluding carboxylic acids is 1. The van der Waals surface area contributed by atoms with Crippen molar-refractivity contribution in [3.05, 3.63) is 0 Å². The highest BCUT2D eigenvalue weighted by Gasteiger charge is 1.96. The summed E-state index contributed by atoms with van der Waals surface area (Å²) < 4.78 is 4.51. The van der Waals surface area contributed by atoms with Crippen LogP contribution in [0.3, 0.4) is 0 Å². The average molecular weight is 148 g/mol. The lowest BCUT2D eigenvalue weighted by atomic mass is 10.7. The molecule has 0 unspecified atom stereocenters. The normalized spacial score (nSPS) is 9.00. The summed E-state index contributed by atoms with van der Waals surface area (Å²) in [5.41, 5.74) is 5.05. The highest BCUT2D eigenvalue weighted by atomic mass is 16.5. The summed E-state index contributed by atoms with van der Waals surface area (Å²) >= 11 is 0. The number of hydrogen-bond donors (Lipinski definition) is 3. The van der Waals surface area contributed by atoms with Crippen LogP contribution in [0.1, 0.15) is 0 Å². The Labute approximate surface area is 59.2 Å². The van der Waals surface area contributed by atoms with Gasteiger partial charge in [-0.3, -0.25) is 0 Å². The molecule has 0 aliphatic heterocycles. The monoisotopic (exact) mass is 148 g/mol. The summed E-state index contributed by atoms with van der Waals surface area (Å²) in [5, 5.41) is 10.5. The Kier molecular flexibility index (Phi) is 5.80. The molecule has 0 spiro atoms. The van der Waals surface area contributed by atoms with Crippen molar-refractivity contribution >= 4 is 6.09 Å². The average Bonchev–Trinajstić information content (AvgIpc) is 1.97. The second kappa shape index (κ2) is 6.31. The number of aliphatic hydroxyl groups excluding tert-OH is 1. The van der Waals surface area contributed by atoms with E-state index in [0.29, 0.717) is 6.54 Å². The third-order valence-corrected chi connectivity index (χ3v) is 0.732. The topological polar surface area (TPSA) is 84.6 Å². The van der Waals surface area contributed by atoms with Crippen LogP contribution in [0.5, 0.6) is 0 Å². The van der Waals surface area contributed by atoms with E-state index in [1.54, 1.807) is 0 Å². The number of aliphatic hydroxyl groups is 1. The van der Waals surface area contributed by atoms with Gasteiger partial charge in [-0.25, -0.2) is 4.79 Å². The maximum absolute atomic E-state index is 10.5. The summed E-state index contributed by atoms with van der Waals surface area (Å²) in [6.45, 7) is 0.644. The lowest BCUT2D eigenvalue weighted by molar-refractivity contribution is 0.146. The predicted octanol–water partition coefficient (Wildman–Crippen LogP) is -1.34. The molecule has 1 amide bonds. The number of amides is 1. The number of nitrogens with one attached hydrogen (secondary N) is 1. The fraction of sp³-hybridized carbons (Fsp3) is 0.800. The molecule has 0 aromatic heterocycles. The van der Waals surface area contributed by atoms with Crippen molar-refractivity contribution in [3.63, 3.8) is 0 Å². The molecule has 0 rings (SSSR count). The van der Waals surface area contributed by atoms with Crippen LogP contribution in [-0.4, -0.2) is 37.5 Å². The van der Waals surface area contributed by atoms with Crippen LogP contribution in [0.15, 0.2) is 0 Å². The fourth-order valence-corrected chi connectivity index (χ4v) is 0.361. The molecule has 0 aromatic carbocycles. The quantitative estimate of drug-likeness (QED) is 0.461. The Morgan fingerprint density at radius 2 is 2.40 bits per heavy atom. The molecule has 0 fully saturated rings. The van der Waals surface area contributed by atoms with Gasteiger partial charge in [-0.05, 0) is 0 Å². The second-order valence-corrected chi connectivity index (χ2v) is 1.57. The van der Waals surface area contributed by atoms with Crippen molar-refractivity contribution in [2.45, 2.75) is 0 Å². The number of nitrogens with two attached hydrogens (primary N) is 1. The van der Waals surface area contributed by atoms with Gasteiger partial charge in [-0.2, -0.15) is 0 Å². The highest BCUT2D eigenvalue weighted by Crippen LogP contribution is 1.73. The van der Waals surface area contributed by atoms with Crippen LogP contribution in [-0.2, 0) is 4.74 Å². The van der Waals surface area contributed by atoms with Gasteiger partial charge in [0, 0.05) is 13.1 Å². The first-order chi connectivity index (χ1) is 4.81. The van der Waals surface area contributed by atoms with Crippen molar-refractivity contribution < 1.29 is 14.6 Å². The number of ether oxygens (including phenoxy) is 1. The van der Waals surface area contributed by atoms with E-state index in [4.69, 9.17) is 10.8 Å². The molecule has 0 aromatic rings. The Morgan fingerprint density at radius 3 is 2.90 bits per heavy atom. The summed E-state index contributed by atoms with van der Waals surface area (Å²) in [5.74, 6) is 0. The Hall–Kier alpha value is -0.810. The zero-order valence-corrected chi connectivity index (χ0v) is 5.67.